The number of benzene rings is 1. The molecule has 4 heterocycles. The number of para-hydroxylation sites is 2. The van der Waals surface area contributed by atoms with Crippen LogP contribution in [-0.2, 0) is 11.2 Å². The van der Waals surface area contributed by atoms with E-state index in [1.807, 2.05) is 39.2 Å². The number of hydrogen-bond donors (Lipinski definition) is 0. The zero-order valence-corrected chi connectivity index (χ0v) is 18.8. The van der Waals surface area contributed by atoms with Crippen LogP contribution in [0.4, 0.5) is 5.69 Å². The molecule has 2 aromatic heterocycles. The SMILES string of the molecule is COc1ccccc1N1CCN([C@H]2CCCN(C(=O)Cc3cn4ccsc4n3)C2)CC1. The van der Waals surface area contributed by atoms with Gasteiger partial charge in [-0.05, 0) is 25.0 Å². The minimum absolute atomic E-state index is 0.197. The van der Waals surface area contributed by atoms with Crippen molar-refractivity contribution in [3.05, 3.63) is 47.7 Å². The van der Waals surface area contributed by atoms with E-state index in [2.05, 4.69) is 26.9 Å². The van der Waals surface area contributed by atoms with Gasteiger partial charge in [-0.1, -0.05) is 12.1 Å². The monoisotopic (exact) mass is 439 g/mol. The van der Waals surface area contributed by atoms with Crippen LogP contribution in [-0.4, -0.2) is 77.5 Å². The summed E-state index contributed by atoms with van der Waals surface area (Å²) < 4.78 is 7.53. The Morgan fingerprint density at radius 1 is 1.19 bits per heavy atom. The summed E-state index contributed by atoms with van der Waals surface area (Å²) >= 11 is 1.60. The Labute approximate surface area is 186 Å². The van der Waals surface area contributed by atoms with Crippen LogP contribution in [0, 0.1) is 0 Å². The lowest BCUT2D eigenvalue weighted by Crippen LogP contribution is -2.56. The molecule has 2 fully saturated rings. The van der Waals surface area contributed by atoms with E-state index in [9.17, 15) is 4.79 Å². The van der Waals surface area contributed by atoms with Crippen molar-refractivity contribution in [2.45, 2.75) is 25.3 Å². The van der Waals surface area contributed by atoms with Gasteiger partial charge < -0.3 is 14.5 Å². The second-order valence-corrected chi connectivity index (χ2v) is 9.21. The molecule has 8 heteroatoms. The maximum absolute atomic E-state index is 12.9. The standard InChI is InChI=1S/C23H29N5O2S/c1-30-21-7-3-2-6-20(21)26-11-9-25(10-12-26)19-5-4-8-27(17-19)22(29)15-18-16-28-13-14-31-23(28)24-18/h2-3,6-7,13-14,16,19H,4-5,8-12,15,17H2,1H3/t19-/m0/s1. The van der Waals surface area contributed by atoms with E-state index < -0.39 is 0 Å². The molecular formula is C23H29N5O2S. The lowest BCUT2D eigenvalue weighted by atomic mass is 10.0. The molecule has 2 aliphatic heterocycles. The minimum atomic E-state index is 0.197. The molecule has 5 rings (SSSR count). The minimum Gasteiger partial charge on any atom is -0.495 e. The van der Waals surface area contributed by atoms with Crippen molar-refractivity contribution in [2.24, 2.45) is 0 Å². The summed E-state index contributed by atoms with van der Waals surface area (Å²) in [7, 11) is 1.73. The molecule has 0 bridgehead atoms. The van der Waals surface area contributed by atoms with Crippen molar-refractivity contribution in [3.8, 4) is 5.75 Å². The van der Waals surface area contributed by atoms with Gasteiger partial charge in [0.2, 0.25) is 5.91 Å². The van der Waals surface area contributed by atoms with E-state index in [-0.39, 0.29) is 5.91 Å². The third kappa shape index (κ3) is 4.27. The third-order valence-electron chi connectivity index (χ3n) is 6.48. The molecule has 7 nitrogen and oxygen atoms in total. The molecule has 0 N–H and O–H groups in total. The summed E-state index contributed by atoms with van der Waals surface area (Å²) in [6.45, 7) is 5.69. The van der Waals surface area contributed by atoms with Gasteiger partial charge in [-0.15, -0.1) is 11.3 Å². The number of amides is 1. The first kappa shape index (κ1) is 20.3. The molecule has 0 radical (unpaired) electrons. The highest BCUT2D eigenvalue weighted by Crippen LogP contribution is 2.29. The first-order valence-electron chi connectivity index (χ1n) is 11.0. The zero-order chi connectivity index (χ0) is 21.2. The summed E-state index contributed by atoms with van der Waals surface area (Å²) in [4.78, 5) is 25.5. The Morgan fingerprint density at radius 3 is 2.84 bits per heavy atom. The van der Waals surface area contributed by atoms with Gasteiger partial charge in [0.25, 0.3) is 0 Å². The fraction of sp³-hybridized carbons (Fsp3) is 0.478. The first-order chi connectivity index (χ1) is 15.2. The zero-order valence-electron chi connectivity index (χ0n) is 17.9. The molecule has 2 saturated heterocycles. The Balaban J connectivity index is 1.17. The topological polar surface area (TPSA) is 53.3 Å². The molecule has 1 aromatic carbocycles. The number of carbonyl (C=O) groups excluding carboxylic acids is 1. The normalized spacial score (nSPS) is 20.4. The lowest BCUT2D eigenvalue weighted by Gasteiger charge is -2.44. The number of hydrogen-bond acceptors (Lipinski definition) is 6. The fourth-order valence-electron chi connectivity index (χ4n) is 4.83. The van der Waals surface area contributed by atoms with Gasteiger partial charge in [-0.25, -0.2) is 4.98 Å². The number of anilines is 1. The summed E-state index contributed by atoms with van der Waals surface area (Å²) in [5.41, 5.74) is 2.04. The van der Waals surface area contributed by atoms with E-state index in [0.29, 0.717) is 12.5 Å². The summed E-state index contributed by atoms with van der Waals surface area (Å²) in [5.74, 6) is 1.13. The Kier molecular flexibility index (Phi) is 5.82. The van der Waals surface area contributed by atoms with E-state index in [1.54, 1.807) is 18.4 Å². The molecule has 0 spiro atoms. The van der Waals surface area contributed by atoms with E-state index in [4.69, 9.17) is 4.74 Å². The first-order valence-corrected chi connectivity index (χ1v) is 11.9. The molecule has 3 aromatic rings. The molecule has 2 aliphatic rings. The van der Waals surface area contributed by atoms with Crippen molar-refractivity contribution in [1.82, 2.24) is 19.2 Å². The second kappa shape index (κ2) is 8.88. The van der Waals surface area contributed by atoms with Crippen molar-refractivity contribution < 1.29 is 9.53 Å². The third-order valence-corrected chi connectivity index (χ3v) is 7.25. The number of aromatic nitrogens is 2. The van der Waals surface area contributed by atoms with Gasteiger partial charge in [0.1, 0.15) is 5.75 Å². The Bertz CT molecular complexity index is 1010. The molecule has 31 heavy (non-hydrogen) atoms. The van der Waals surface area contributed by atoms with Crippen LogP contribution < -0.4 is 9.64 Å². The quantitative estimate of drug-likeness (QED) is 0.612. The fourth-order valence-corrected chi connectivity index (χ4v) is 5.55. The molecular weight excluding hydrogens is 410 g/mol. The largest absolute Gasteiger partial charge is 0.495 e. The summed E-state index contributed by atoms with van der Waals surface area (Å²) in [5, 5.41) is 2.01. The predicted octanol–water partition coefficient (Wildman–Crippen LogP) is 2.76. The molecule has 1 amide bonds. The molecule has 0 saturated carbocycles. The van der Waals surface area contributed by atoms with Gasteiger partial charge in [-0.3, -0.25) is 14.1 Å². The number of nitrogens with zero attached hydrogens (tertiary/aromatic N) is 5. The Morgan fingerprint density at radius 2 is 2.03 bits per heavy atom. The van der Waals surface area contributed by atoms with Crippen molar-refractivity contribution in [3.63, 3.8) is 0 Å². The number of rotatable bonds is 5. The van der Waals surface area contributed by atoms with Crippen LogP contribution in [0.3, 0.4) is 0 Å². The summed E-state index contributed by atoms with van der Waals surface area (Å²) in [6, 6.07) is 8.69. The van der Waals surface area contributed by atoms with Gasteiger partial charge >= 0.3 is 0 Å². The molecule has 1 atom stereocenters. The van der Waals surface area contributed by atoms with E-state index in [1.165, 1.54) is 12.1 Å². The van der Waals surface area contributed by atoms with Crippen LogP contribution in [0.5, 0.6) is 5.75 Å². The van der Waals surface area contributed by atoms with Crippen LogP contribution in [0.2, 0.25) is 0 Å². The number of piperidine rings is 1. The average Bonchev–Trinajstić information content (AvgIpc) is 3.41. The highest BCUT2D eigenvalue weighted by Gasteiger charge is 2.30. The predicted molar refractivity (Wildman–Crippen MR) is 123 cm³/mol. The number of likely N-dealkylation sites (tertiary alicyclic amines) is 1. The van der Waals surface area contributed by atoms with Crippen LogP contribution in [0.25, 0.3) is 4.96 Å². The van der Waals surface area contributed by atoms with Crippen molar-refractivity contribution in [1.29, 1.82) is 0 Å². The van der Waals surface area contributed by atoms with Crippen LogP contribution in [0.15, 0.2) is 42.0 Å². The number of fused-ring (bicyclic) bond motifs is 1. The number of ether oxygens (including phenoxy) is 1. The van der Waals surface area contributed by atoms with Crippen molar-refractivity contribution >= 4 is 27.9 Å². The molecule has 164 valence electrons. The number of methoxy groups -OCH3 is 1. The van der Waals surface area contributed by atoms with E-state index in [0.717, 1.165) is 62.1 Å². The molecule has 0 aliphatic carbocycles. The highest BCUT2D eigenvalue weighted by molar-refractivity contribution is 7.15. The van der Waals surface area contributed by atoms with Gasteiger partial charge in [-0.2, -0.15) is 0 Å². The smallest absolute Gasteiger partial charge is 0.228 e. The van der Waals surface area contributed by atoms with E-state index >= 15 is 0 Å². The molecule has 0 unspecified atom stereocenters. The van der Waals surface area contributed by atoms with Gasteiger partial charge in [0.05, 0.1) is 24.9 Å². The number of thiazole rings is 1. The van der Waals surface area contributed by atoms with Crippen molar-refractivity contribution in [2.75, 3.05) is 51.3 Å². The maximum atomic E-state index is 12.9. The summed E-state index contributed by atoms with van der Waals surface area (Å²) in [6.07, 6.45) is 6.59. The van der Waals surface area contributed by atoms with Crippen LogP contribution >= 0.6 is 11.3 Å². The number of carbonyl (C=O) groups is 1. The maximum Gasteiger partial charge on any atom is 0.228 e. The second-order valence-electron chi connectivity index (χ2n) is 8.33. The Hall–Kier alpha value is -2.58. The van der Waals surface area contributed by atoms with Gasteiger partial charge in [0, 0.05) is 63.1 Å². The highest BCUT2D eigenvalue weighted by atomic mass is 32.1. The number of imidazole rings is 1. The van der Waals surface area contributed by atoms with Gasteiger partial charge in [0.15, 0.2) is 4.96 Å². The number of piperazine rings is 1. The van der Waals surface area contributed by atoms with Crippen LogP contribution in [0.1, 0.15) is 18.5 Å². The lowest BCUT2D eigenvalue weighted by molar-refractivity contribution is -0.132. The average molecular weight is 440 g/mol.